The number of pyridine rings is 1. The van der Waals surface area contributed by atoms with Crippen LogP contribution in [-0.2, 0) is 17.7 Å². The van der Waals surface area contributed by atoms with E-state index in [1.54, 1.807) is 27.6 Å². The molecule has 3 aromatic rings. The maximum absolute atomic E-state index is 14.5. The Hall–Kier alpha value is -2.41. The monoisotopic (exact) mass is 525 g/mol. The highest BCUT2D eigenvalue weighted by Crippen LogP contribution is 2.38. The first-order valence-corrected chi connectivity index (χ1v) is 12.1. The lowest BCUT2D eigenvalue weighted by molar-refractivity contribution is 0.0576. The lowest BCUT2D eigenvalue weighted by atomic mass is 9.87. The lowest BCUT2D eigenvalue weighted by Crippen LogP contribution is -2.39. The number of carbonyl (C=O) groups excluding carboxylic acids is 1. The summed E-state index contributed by atoms with van der Waals surface area (Å²) in [6.45, 7) is 9.99. The molecule has 8 nitrogen and oxygen atoms in total. The number of hydrogen-bond donors (Lipinski definition) is 2. The van der Waals surface area contributed by atoms with Gasteiger partial charge in [0.1, 0.15) is 17.2 Å². The van der Waals surface area contributed by atoms with Gasteiger partial charge in [-0.2, -0.15) is 4.98 Å². The fourth-order valence-corrected chi connectivity index (χ4v) is 5.05. The molecule has 0 radical (unpaired) electrons. The van der Waals surface area contributed by atoms with E-state index in [1.165, 1.54) is 11.3 Å². The second-order valence-electron chi connectivity index (χ2n) is 9.24. The van der Waals surface area contributed by atoms with E-state index in [1.807, 2.05) is 13.8 Å². The smallest absolute Gasteiger partial charge is 0.416 e. The maximum atomic E-state index is 14.5. The first-order valence-electron chi connectivity index (χ1n) is 10.9. The van der Waals surface area contributed by atoms with Gasteiger partial charge in [-0.15, -0.1) is 11.3 Å². The van der Waals surface area contributed by atoms with Gasteiger partial charge in [0.2, 0.25) is 5.28 Å². The zero-order valence-electron chi connectivity index (χ0n) is 20.3. The number of nitrogens with zero attached hydrogens (tertiary/aromatic N) is 4. The van der Waals surface area contributed by atoms with E-state index < -0.39 is 36.9 Å². The topological polar surface area (TPSA) is 100 Å². The van der Waals surface area contributed by atoms with Crippen LogP contribution in [-0.4, -0.2) is 44.8 Å². The Kier molecular flexibility index (Phi) is 8.30. The number of thiophene rings is 1. The number of hydrogen-bond acceptors (Lipinski definition) is 8. The number of fused-ring (bicyclic) bond motifs is 1. The van der Waals surface area contributed by atoms with Crippen LogP contribution in [0.5, 0.6) is 0 Å². The summed E-state index contributed by atoms with van der Waals surface area (Å²) in [5.41, 5.74) is 0.116. The van der Waals surface area contributed by atoms with Gasteiger partial charge >= 0.3 is 13.1 Å². The van der Waals surface area contributed by atoms with Gasteiger partial charge in [0.15, 0.2) is 5.82 Å². The van der Waals surface area contributed by atoms with Gasteiger partial charge in [0.05, 0.1) is 29.2 Å². The number of rotatable bonds is 7. The summed E-state index contributed by atoms with van der Waals surface area (Å²) in [5.74, 6) is -1.73. The Bertz CT molecular complexity index is 1220. The number of anilines is 1. The van der Waals surface area contributed by atoms with Gasteiger partial charge in [-0.3, -0.25) is 9.88 Å². The van der Waals surface area contributed by atoms with Crippen molar-refractivity contribution in [3.05, 3.63) is 45.3 Å². The zero-order chi connectivity index (χ0) is 26.1. The van der Waals surface area contributed by atoms with E-state index >= 15 is 0 Å². The Balaban J connectivity index is 2.15. The summed E-state index contributed by atoms with van der Waals surface area (Å²) in [4.78, 5) is 27.3. The van der Waals surface area contributed by atoms with Crippen molar-refractivity contribution in [2.24, 2.45) is 0 Å². The summed E-state index contributed by atoms with van der Waals surface area (Å²) in [5, 5.41) is 12.5. The van der Waals surface area contributed by atoms with Crippen LogP contribution in [0.15, 0.2) is 12.4 Å². The molecule has 0 saturated heterocycles. The molecule has 0 fully saturated rings. The Morgan fingerprint density at radius 2 is 1.94 bits per heavy atom. The molecule has 0 unspecified atom stereocenters. The molecule has 0 bridgehead atoms. The van der Waals surface area contributed by atoms with E-state index in [0.717, 1.165) is 27.7 Å². The third-order valence-corrected chi connectivity index (χ3v) is 6.44. The summed E-state index contributed by atoms with van der Waals surface area (Å²) in [7, 11) is -0.683. The summed E-state index contributed by atoms with van der Waals surface area (Å²) < 4.78 is 35.0. The van der Waals surface area contributed by atoms with Crippen molar-refractivity contribution in [2.45, 2.75) is 66.1 Å². The van der Waals surface area contributed by atoms with Crippen LogP contribution >= 0.6 is 22.9 Å². The van der Waals surface area contributed by atoms with Crippen molar-refractivity contribution >= 4 is 52.1 Å². The van der Waals surface area contributed by atoms with E-state index in [0.29, 0.717) is 16.6 Å². The molecule has 1 amide bonds. The quantitative estimate of drug-likeness (QED) is 0.334. The summed E-state index contributed by atoms with van der Waals surface area (Å²) in [6.07, 6.45) is 1.46. The molecule has 0 aliphatic heterocycles. The molecule has 1 atom stereocenters. The lowest BCUT2D eigenvalue weighted by Gasteiger charge is -2.27. The first kappa shape index (κ1) is 27.2. The third-order valence-electron chi connectivity index (χ3n) is 4.97. The third kappa shape index (κ3) is 6.63. The number of amides is 1. The number of carbonyl (C=O) groups is 1. The molecule has 188 valence electrons. The fraction of sp³-hybridized carbons (Fsp3) is 0.455. The first-order chi connectivity index (χ1) is 16.3. The van der Waals surface area contributed by atoms with Crippen LogP contribution in [0.2, 0.25) is 12.1 Å². The van der Waals surface area contributed by atoms with Crippen LogP contribution < -0.4 is 10.1 Å². The van der Waals surface area contributed by atoms with Gasteiger partial charge < -0.3 is 15.0 Å². The molecule has 3 aromatic heterocycles. The maximum Gasteiger partial charge on any atom is 0.416 e. The van der Waals surface area contributed by atoms with Gasteiger partial charge in [-0.05, 0) is 58.1 Å². The zero-order valence-corrected chi connectivity index (χ0v) is 21.9. The van der Waals surface area contributed by atoms with Crippen LogP contribution in [0.3, 0.4) is 0 Å². The van der Waals surface area contributed by atoms with Crippen LogP contribution in [0.4, 0.5) is 19.4 Å². The molecule has 2 N–H and O–H groups in total. The second kappa shape index (κ2) is 10.7. The minimum atomic E-state index is -0.906. The van der Waals surface area contributed by atoms with Crippen LogP contribution in [0.1, 0.15) is 43.7 Å². The molecular weight excluding hydrogens is 499 g/mol. The predicted molar refractivity (Wildman–Crippen MR) is 134 cm³/mol. The van der Waals surface area contributed by atoms with E-state index in [-0.39, 0.29) is 22.7 Å². The summed E-state index contributed by atoms with van der Waals surface area (Å²) >= 11 is 7.57. The van der Waals surface area contributed by atoms with E-state index in [4.69, 9.17) is 16.3 Å². The van der Waals surface area contributed by atoms with Crippen molar-refractivity contribution in [2.75, 3.05) is 4.90 Å². The molecule has 0 aliphatic rings. The molecule has 0 spiro atoms. The van der Waals surface area contributed by atoms with Gasteiger partial charge in [-0.25, -0.2) is 18.6 Å². The SMILES string of the molecule is CB(O)N[C@H](C)Cc1sc2c(N(Cc3c(F)cncc3F)C(=O)OC(C)(C)C)nc(Cl)nc2c1C. The minimum absolute atomic E-state index is 0.0596. The fourth-order valence-electron chi connectivity index (χ4n) is 3.51. The molecule has 0 saturated carbocycles. The largest absolute Gasteiger partial charge is 0.443 e. The highest BCUT2D eigenvalue weighted by molar-refractivity contribution is 7.19. The molecule has 13 heteroatoms. The van der Waals surface area contributed by atoms with Crippen LogP contribution in [0, 0.1) is 18.6 Å². The predicted octanol–water partition coefficient (Wildman–Crippen LogP) is 4.90. The highest BCUT2D eigenvalue weighted by atomic mass is 35.5. The molecular formula is C22H27BClF2N5O3S. The highest BCUT2D eigenvalue weighted by Gasteiger charge is 2.30. The number of ether oxygens (including phenoxy) is 1. The number of halogens is 3. The Morgan fingerprint density at radius 3 is 2.51 bits per heavy atom. The summed E-state index contributed by atoms with van der Waals surface area (Å²) in [6, 6.07) is -0.0596. The number of aryl methyl sites for hydroxylation is 1. The average molecular weight is 526 g/mol. The van der Waals surface area contributed by atoms with Crippen molar-refractivity contribution in [1.82, 2.24) is 20.2 Å². The Labute approximate surface area is 211 Å². The molecule has 0 aromatic carbocycles. The standard InChI is InChI=1S/C22H27BClF2N5O3S/c1-11(30-23(6)33)7-16-12(2)17-18(35-16)19(29-20(24)28-17)31(21(32)34-22(3,4)5)10-13-14(25)8-27-9-15(13)26/h8-9,11,30,33H,7,10H2,1-6H3/t11-/m1/s1. The van der Waals surface area contributed by atoms with Gasteiger partial charge in [0, 0.05) is 16.5 Å². The van der Waals surface area contributed by atoms with Crippen molar-refractivity contribution < 1.29 is 23.3 Å². The van der Waals surface area contributed by atoms with Gasteiger partial charge in [0.25, 0.3) is 0 Å². The number of nitrogens with one attached hydrogen (secondary N) is 1. The molecule has 35 heavy (non-hydrogen) atoms. The van der Waals surface area contributed by atoms with E-state index in [9.17, 15) is 18.6 Å². The van der Waals surface area contributed by atoms with Crippen molar-refractivity contribution in [3.8, 4) is 0 Å². The minimum Gasteiger partial charge on any atom is -0.443 e. The molecule has 0 aliphatic carbocycles. The van der Waals surface area contributed by atoms with Crippen molar-refractivity contribution in [1.29, 1.82) is 0 Å². The van der Waals surface area contributed by atoms with E-state index in [2.05, 4.69) is 20.2 Å². The second-order valence-corrected chi connectivity index (χ2v) is 10.7. The molecule has 3 rings (SSSR count). The normalized spacial score (nSPS) is 12.6. The van der Waals surface area contributed by atoms with Crippen LogP contribution in [0.25, 0.3) is 10.2 Å². The molecule has 3 heterocycles. The average Bonchev–Trinajstić information content (AvgIpc) is 3.01. The number of aromatic nitrogens is 3. The van der Waals surface area contributed by atoms with Crippen molar-refractivity contribution in [3.63, 3.8) is 0 Å². The Morgan fingerprint density at radius 1 is 1.31 bits per heavy atom. The van der Waals surface area contributed by atoms with Gasteiger partial charge in [-0.1, -0.05) is 6.92 Å².